The summed E-state index contributed by atoms with van der Waals surface area (Å²) in [6.07, 6.45) is 0.326. The van der Waals surface area contributed by atoms with Crippen molar-refractivity contribution in [3.05, 3.63) is 23.5 Å². The van der Waals surface area contributed by atoms with Crippen LogP contribution in [0.25, 0.3) is 0 Å². The molecule has 0 saturated heterocycles. The van der Waals surface area contributed by atoms with Gasteiger partial charge >= 0.3 is 5.97 Å². The van der Waals surface area contributed by atoms with Crippen molar-refractivity contribution in [2.24, 2.45) is 5.73 Å². The number of benzene rings is 1. The molecule has 1 unspecified atom stereocenters. The molecule has 0 saturated carbocycles. The van der Waals surface area contributed by atoms with Crippen LogP contribution >= 0.6 is 0 Å². The van der Waals surface area contributed by atoms with E-state index in [4.69, 9.17) is 15.6 Å². The lowest BCUT2D eigenvalue weighted by molar-refractivity contribution is -0.137. The van der Waals surface area contributed by atoms with Crippen LogP contribution in [0.4, 0.5) is 4.39 Å². The molecule has 0 fully saturated rings. The van der Waals surface area contributed by atoms with Gasteiger partial charge in [0.15, 0.2) is 9.84 Å². The Labute approximate surface area is 109 Å². The van der Waals surface area contributed by atoms with Crippen molar-refractivity contribution in [2.45, 2.75) is 17.4 Å². The second-order valence-electron chi connectivity index (χ2n) is 3.98. The smallest absolute Gasteiger partial charge is 0.305 e. The zero-order valence-corrected chi connectivity index (χ0v) is 11.2. The number of carboxylic acid groups (broad SMARTS) is 1. The van der Waals surface area contributed by atoms with Gasteiger partial charge in [0.2, 0.25) is 0 Å². The molecule has 1 rings (SSSR count). The second-order valence-corrected chi connectivity index (χ2v) is 5.93. The zero-order chi connectivity index (χ0) is 14.8. The number of methoxy groups -OCH3 is 1. The highest BCUT2D eigenvalue weighted by Crippen LogP contribution is 2.31. The Morgan fingerprint density at radius 2 is 2.11 bits per heavy atom. The van der Waals surface area contributed by atoms with Crippen LogP contribution in [0.1, 0.15) is 18.0 Å². The lowest BCUT2D eigenvalue weighted by Crippen LogP contribution is -2.18. The number of carboxylic acids is 1. The number of sulfone groups is 1. The molecule has 0 aliphatic heterocycles. The fourth-order valence-electron chi connectivity index (χ4n) is 1.64. The van der Waals surface area contributed by atoms with Crippen molar-refractivity contribution in [3.63, 3.8) is 0 Å². The monoisotopic (exact) mass is 291 g/mol. The van der Waals surface area contributed by atoms with Crippen molar-refractivity contribution < 1.29 is 27.4 Å². The fraction of sp³-hybridized carbons (Fsp3) is 0.364. The van der Waals surface area contributed by atoms with Crippen LogP contribution < -0.4 is 10.5 Å². The first-order valence-corrected chi connectivity index (χ1v) is 7.11. The summed E-state index contributed by atoms with van der Waals surface area (Å²) in [4.78, 5) is 9.94. The highest BCUT2D eigenvalue weighted by molar-refractivity contribution is 7.90. The second kappa shape index (κ2) is 5.54. The maximum absolute atomic E-state index is 14.2. The number of ether oxygens (including phenoxy) is 1. The first kappa shape index (κ1) is 15.4. The third-order valence-electron chi connectivity index (χ3n) is 2.48. The Balaban J connectivity index is 3.43. The average Bonchev–Trinajstić information content (AvgIpc) is 2.25. The molecule has 6 nitrogen and oxygen atoms in total. The van der Waals surface area contributed by atoms with Gasteiger partial charge in [-0.15, -0.1) is 0 Å². The molecular formula is C11H14FNO5S. The van der Waals surface area contributed by atoms with E-state index in [-0.39, 0.29) is 11.3 Å². The van der Waals surface area contributed by atoms with Gasteiger partial charge in [-0.1, -0.05) is 6.07 Å². The van der Waals surface area contributed by atoms with E-state index in [1.165, 1.54) is 19.2 Å². The zero-order valence-electron chi connectivity index (χ0n) is 10.4. The van der Waals surface area contributed by atoms with E-state index in [1.807, 2.05) is 0 Å². The van der Waals surface area contributed by atoms with Gasteiger partial charge in [0, 0.05) is 17.9 Å². The molecule has 1 aromatic rings. The summed E-state index contributed by atoms with van der Waals surface area (Å²) in [6, 6.07) is 1.33. The van der Waals surface area contributed by atoms with Gasteiger partial charge in [0.1, 0.15) is 16.5 Å². The van der Waals surface area contributed by atoms with E-state index < -0.39 is 39.0 Å². The third kappa shape index (κ3) is 3.42. The Bertz CT molecular complexity index is 599. The molecule has 0 aliphatic rings. The SMILES string of the molecule is COc1ccc(C(N)CC(=O)O)c(F)c1S(C)(=O)=O. The molecule has 0 bridgehead atoms. The first-order chi connectivity index (χ1) is 8.68. The van der Waals surface area contributed by atoms with E-state index in [0.29, 0.717) is 0 Å². The standard InChI is InChI=1S/C11H14FNO5S/c1-18-8-4-3-6(7(13)5-9(14)15)10(12)11(8)19(2,16)17/h3-4,7H,5,13H2,1-2H3,(H,14,15). The molecule has 106 valence electrons. The normalized spacial score (nSPS) is 13.1. The molecular weight excluding hydrogens is 277 g/mol. The van der Waals surface area contributed by atoms with Gasteiger partial charge in [0.05, 0.1) is 13.5 Å². The molecule has 0 amide bonds. The number of hydrogen-bond donors (Lipinski definition) is 2. The van der Waals surface area contributed by atoms with Crippen molar-refractivity contribution in [1.29, 1.82) is 0 Å². The minimum absolute atomic E-state index is 0.147. The number of rotatable bonds is 5. The number of hydrogen-bond acceptors (Lipinski definition) is 5. The number of carbonyl (C=O) groups is 1. The summed E-state index contributed by atoms with van der Waals surface area (Å²) in [6.45, 7) is 0. The Hall–Kier alpha value is -1.67. The minimum Gasteiger partial charge on any atom is -0.495 e. The van der Waals surface area contributed by atoms with Gasteiger partial charge in [-0.3, -0.25) is 4.79 Å². The van der Waals surface area contributed by atoms with E-state index in [0.717, 1.165) is 6.26 Å². The van der Waals surface area contributed by atoms with Crippen molar-refractivity contribution in [1.82, 2.24) is 0 Å². The number of aliphatic carboxylic acids is 1. The van der Waals surface area contributed by atoms with E-state index in [9.17, 15) is 17.6 Å². The van der Waals surface area contributed by atoms with Crippen LogP contribution in [-0.4, -0.2) is 32.9 Å². The highest BCUT2D eigenvalue weighted by atomic mass is 32.2. The predicted octanol–water partition coefficient (Wildman–Crippen LogP) is 0.712. The molecule has 1 atom stereocenters. The molecule has 19 heavy (non-hydrogen) atoms. The highest BCUT2D eigenvalue weighted by Gasteiger charge is 2.25. The van der Waals surface area contributed by atoms with Crippen molar-refractivity contribution in [2.75, 3.05) is 13.4 Å². The Morgan fingerprint density at radius 1 is 1.53 bits per heavy atom. The summed E-state index contributed by atoms with van der Waals surface area (Å²) < 4.78 is 42.1. The van der Waals surface area contributed by atoms with Gasteiger partial charge in [-0.25, -0.2) is 12.8 Å². The van der Waals surface area contributed by atoms with Crippen LogP contribution in [0, 0.1) is 5.82 Å². The van der Waals surface area contributed by atoms with Gasteiger partial charge in [-0.2, -0.15) is 0 Å². The van der Waals surface area contributed by atoms with E-state index in [2.05, 4.69) is 0 Å². The molecule has 0 aromatic heterocycles. The van der Waals surface area contributed by atoms with Gasteiger partial charge in [-0.05, 0) is 6.07 Å². The number of halogens is 1. The molecule has 0 aliphatic carbocycles. The number of nitrogens with two attached hydrogens (primary N) is 1. The predicted molar refractivity (Wildman–Crippen MR) is 65.2 cm³/mol. The molecule has 3 N–H and O–H groups in total. The summed E-state index contributed by atoms with van der Waals surface area (Å²) >= 11 is 0. The maximum Gasteiger partial charge on any atom is 0.305 e. The van der Waals surface area contributed by atoms with Crippen molar-refractivity contribution in [3.8, 4) is 5.75 Å². The lowest BCUT2D eigenvalue weighted by atomic mass is 10.0. The van der Waals surface area contributed by atoms with Crippen molar-refractivity contribution >= 4 is 15.8 Å². The summed E-state index contributed by atoms with van der Waals surface area (Å²) in [7, 11) is -2.66. The van der Waals surface area contributed by atoms with E-state index >= 15 is 0 Å². The minimum atomic E-state index is -3.86. The van der Waals surface area contributed by atoms with Crippen LogP contribution in [-0.2, 0) is 14.6 Å². The molecule has 0 radical (unpaired) electrons. The summed E-state index contributed by atoms with van der Waals surface area (Å²) in [5.41, 5.74) is 5.37. The maximum atomic E-state index is 14.2. The molecule has 8 heteroatoms. The quantitative estimate of drug-likeness (QED) is 0.827. The van der Waals surface area contributed by atoms with Crippen LogP contribution in [0.15, 0.2) is 17.0 Å². The average molecular weight is 291 g/mol. The molecule has 1 aromatic carbocycles. The van der Waals surface area contributed by atoms with Crippen LogP contribution in [0.2, 0.25) is 0 Å². The Morgan fingerprint density at radius 3 is 2.53 bits per heavy atom. The molecule has 0 spiro atoms. The largest absolute Gasteiger partial charge is 0.495 e. The fourth-order valence-corrected chi connectivity index (χ4v) is 2.60. The van der Waals surface area contributed by atoms with Crippen LogP contribution in [0.5, 0.6) is 5.75 Å². The third-order valence-corrected chi connectivity index (χ3v) is 3.60. The van der Waals surface area contributed by atoms with Crippen LogP contribution in [0.3, 0.4) is 0 Å². The van der Waals surface area contributed by atoms with Gasteiger partial charge in [0.25, 0.3) is 0 Å². The first-order valence-electron chi connectivity index (χ1n) is 5.22. The molecule has 0 heterocycles. The summed E-state index contributed by atoms with van der Waals surface area (Å²) in [5, 5.41) is 8.62. The van der Waals surface area contributed by atoms with E-state index in [1.54, 1.807) is 0 Å². The topological polar surface area (TPSA) is 107 Å². The lowest BCUT2D eigenvalue weighted by Gasteiger charge is -2.15. The summed E-state index contributed by atoms with van der Waals surface area (Å²) in [5.74, 6) is -2.43. The Kier molecular flexibility index (Phi) is 4.48. The van der Waals surface area contributed by atoms with Gasteiger partial charge < -0.3 is 15.6 Å².